The smallest absolute Gasteiger partial charge is 0.407 e. The zero-order valence-electron chi connectivity index (χ0n) is 30.5. The third kappa shape index (κ3) is 12.4. The van der Waals surface area contributed by atoms with Crippen LogP contribution in [0.4, 0.5) is 9.59 Å². The number of unbranched alkanes of at least 4 members (excludes halogenated alkanes) is 1. The number of amides is 3. The van der Waals surface area contributed by atoms with E-state index in [9.17, 15) is 19.2 Å². The molecule has 11 nitrogen and oxygen atoms in total. The summed E-state index contributed by atoms with van der Waals surface area (Å²) >= 11 is 0. The van der Waals surface area contributed by atoms with Crippen molar-refractivity contribution in [3.63, 3.8) is 0 Å². The lowest BCUT2D eigenvalue weighted by atomic mass is 9.98. The van der Waals surface area contributed by atoms with Crippen molar-refractivity contribution in [1.82, 2.24) is 16.0 Å². The molecule has 1 aliphatic carbocycles. The fourth-order valence-electron chi connectivity index (χ4n) is 5.63. The minimum Gasteiger partial charge on any atom is -0.458 e. The molecular weight excluding hydrogens is 650 g/mol. The molecule has 2 atom stereocenters. The van der Waals surface area contributed by atoms with Crippen molar-refractivity contribution in [1.29, 1.82) is 0 Å². The summed E-state index contributed by atoms with van der Waals surface area (Å²) in [5.41, 5.74) is 3.81. The van der Waals surface area contributed by atoms with Gasteiger partial charge < -0.3 is 34.9 Å². The van der Waals surface area contributed by atoms with E-state index in [1.807, 2.05) is 87.5 Å². The van der Waals surface area contributed by atoms with Crippen LogP contribution in [0, 0.1) is 0 Å². The molecule has 3 N–H and O–H groups in total. The molecule has 1 aliphatic rings. The van der Waals surface area contributed by atoms with E-state index in [2.05, 4.69) is 28.1 Å². The summed E-state index contributed by atoms with van der Waals surface area (Å²) in [5.74, 6) is -1.38. The van der Waals surface area contributed by atoms with Crippen LogP contribution in [0.15, 0.2) is 78.9 Å². The summed E-state index contributed by atoms with van der Waals surface area (Å²) in [6.07, 6.45) is -0.0967. The Morgan fingerprint density at radius 1 is 0.686 bits per heavy atom. The van der Waals surface area contributed by atoms with Gasteiger partial charge in [0.25, 0.3) is 0 Å². The number of ether oxygens (including phenoxy) is 4. The molecule has 3 aromatic rings. The quantitative estimate of drug-likeness (QED) is 0.0911. The first-order valence-corrected chi connectivity index (χ1v) is 17.4. The maximum atomic E-state index is 13.7. The number of hydrogen-bond acceptors (Lipinski definition) is 8. The summed E-state index contributed by atoms with van der Waals surface area (Å²) in [4.78, 5) is 52.2. The largest absolute Gasteiger partial charge is 0.458 e. The molecule has 0 aromatic heterocycles. The van der Waals surface area contributed by atoms with Gasteiger partial charge in [0, 0.05) is 12.5 Å². The van der Waals surface area contributed by atoms with E-state index in [0.29, 0.717) is 19.4 Å². The molecule has 0 saturated carbocycles. The van der Waals surface area contributed by atoms with Crippen molar-refractivity contribution in [2.45, 2.75) is 96.6 Å². The normalized spacial score (nSPS) is 13.6. The summed E-state index contributed by atoms with van der Waals surface area (Å²) in [6, 6.07) is 23.2. The standard InChI is InChI=1S/C40H51N3O8/c1-39(2,3)50-26-34(43-38(47)49-25-32-30-20-12-10-18-28(30)29-19-11-13-21-31(29)32)35(44)42-33(36(45)51-40(4,5)6)22-14-15-23-41-37(46)48-24-27-16-8-7-9-17-27/h7-13,16-21,32-34H,14-15,22-26H2,1-6H3,(H,41,46)(H,42,44)(H,43,47)/t33-,34-/m0/s1. The predicted octanol–water partition coefficient (Wildman–Crippen LogP) is 6.63. The van der Waals surface area contributed by atoms with Crippen LogP contribution in [0.5, 0.6) is 0 Å². The fourth-order valence-corrected chi connectivity index (χ4v) is 5.63. The summed E-state index contributed by atoms with van der Waals surface area (Å²) < 4.78 is 22.5. The molecule has 51 heavy (non-hydrogen) atoms. The molecule has 0 saturated heterocycles. The number of benzene rings is 3. The van der Waals surface area contributed by atoms with E-state index >= 15 is 0 Å². The highest BCUT2D eigenvalue weighted by atomic mass is 16.6. The van der Waals surface area contributed by atoms with Gasteiger partial charge in [-0.15, -0.1) is 0 Å². The van der Waals surface area contributed by atoms with Crippen LogP contribution in [-0.4, -0.2) is 67.1 Å². The van der Waals surface area contributed by atoms with Crippen LogP contribution in [0.25, 0.3) is 11.1 Å². The number of nitrogens with one attached hydrogen (secondary N) is 3. The van der Waals surface area contributed by atoms with Gasteiger partial charge in [-0.2, -0.15) is 0 Å². The third-order valence-electron chi connectivity index (χ3n) is 8.04. The van der Waals surface area contributed by atoms with Crippen LogP contribution in [0.3, 0.4) is 0 Å². The fraction of sp³-hybridized carbons (Fsp3) is 0.450. The second kappa shape index (κ2) is 17.8. The first-order chi connectivity index (χ1) is 24.2. The Hall–Kier alpha value is -4.90. The minimum absolute atomic E-state index is 0.0721. The first kappa shape index (κ1) is 38.9. The number of carbonyl (C=O) groups excluding carboxylic acids is 4. The van der Waals surface area contributed by atoms with Gasteiger partial charge in [0.1, 0.15) is 30.9 Å². The van der Waals surface area contributed by atoms with E-state index in [0.717, 1.165) is 27.8 Å². The lowest BCUT2D eigenvalue weighted by Crippen LogP contribution is -2.55. The second-order valence-electron chi connectivity index (χ2n) is 14.5. The Morgan fingerprint density at radius 2 is 1.29 bits per heavy atom. The number of fused-ring (bicyclic) bond motifs is 3. The van der Waals surface area contributed by atoms with Crippen LogP contribution >= 0.6 is 0 Å². The van der Waals surface area contributed by atoms with Crippen LogP contribution in [-0.2, 0) is 35.1 Å². The van der Waals surface area contributed by atoms with Crippen LogP contribution in [0.1, 0.15) is 83.4 Å². The predicted molar refractivity (Wildman–Crippen MR) is 194 cm³/mol. The first-order valence-electron chi connectivity index (χ1n) is 17.4. The van der Waals surface area contributed by atoms with E-state index in [4.69, 9.17) is 18.9 Å². The number of carbonyl (C=O) groups is 4. The number of esters is 1. The van der Waals surface area contributed by atoms with Crippen LogP contribution < -0.4 is 16.0 Å². The van der Waals surface area contributed by atoms with Gasteiger partial charge in [-0.1, -0.05) is 78.9 Å². The van der Waals surface area contributed by atoms with Crippen molar-refractivity contribution in [3.05, 3.63) is 95.6 Å². The molecule has 0 radical (unpaired) electrons. The van der Waals surface area contributed by atoms with E-state index < -0.39 is 47.3 Å². The Balaban J connectivity index is 1.35. The van der Waals surface area contributed by atoms with Gasteiger partial charge in [-0.3, -0.25) is 4.79 Å². The van der Waals surface area contributed by atoms with E-state index in [1.165, 1.54) is 0 Å². The molecule has 0 bridgehead atoms. The zero-order valence-corrected chi connectivity index (χ0v) is 30.5. The van der Waals surface area contributed by atoms with Crippen molar-refractivity contribution >= 4 is 24.1 Å². The Morgan fingerprint density at radius 3 is 1.90 bits per heavy atom. The molecule has 0 aliphatic heterocycles. The zero-order chi connectivity index (χ0) is 37.0. The number of alkyl carbamates (subject to hydrolysis) is 2. The highest BCUT2D eigenvalue weighted by Crippen LogP contribution is 2.44. The molecule has 3 amide bonds. The van der Waals surface area contributed by atoms with Gasteiger partial charge in [0.05, 0.1) is 12.2 Å². The van der Waals surface area contributed by atoms with E-state index in [1.54, 1.807) is 20.8 Å². The molecular formula is C40H51N3O8. The van der Waals surface area contributed by atoms with E-state index in [-0.39, 0.29) is 32.2 Å². The Labute approximate surface area is 300 Å². The molecule has 0 heterocycles. The van der Waals surface area contributed by atoms with Crippen molar-refractivity contribution in [2.24, 2.45) is 0 Å². The maximum Gasteiger partial charge on any atom is 0.407 e. The highest BCUT2D eigenvalue weighted by Gasteiger charge is 2.33. The maximum absolute atomic E-state index is 13.7. The third-order valence-corrected chi connectivity index (χ3v) is 8.04. The van der Waals surface area contributed by atoms with Gasteiger partial charge in [-0.25, -0.2) is 14.4 Å². The molecule has 0 unspecified atom stereocenters. The lowest BCUT2D eigenvalue weighted by molar-refractivity contribution is -0.159. The summed E-state index contributed by atoms with van der Waals surface area (Å²) in [6.45, 7) is 11.1. The molecule has 4 rings (SSSR count). The molecule has 274 valence electrons. The van der Waals surface area contributed by atoms with Gasteiger partial charge in [0.15, 0.2) is 0 Å². The monoisotopic (exact) mass is 701 g/mol. The average molecular weight is 702 g/mol. The highest BCUT2D eigenvalue weighted by molar-refractivity contribution is 5.90. The number of rotatable bonds is 15. The molecule has 3 aromatic carbocycles. The summed E-state index contributed by atoms with van der Waals surface area (Å²) in [7, 11) is 0. The Bertz CT molecular complexity index is 1580. The molecule has 0 spiro atoms. The molecule has 11 heteroatoms. The SMILES string of the molecule is CC(C)(C)OC[C@H](NC(=O)OCC1c2ccccc2-c2ccccc21)C(=O)N[C@@H](CCCCNC(=O)OCc1ccccc1)C(=O)OC(C)(C)C. The topological polar surface area (TPSA) is 141 Å². The Kier molecular flexibility index (Phi) is 13.6. The van der Waals surface area contributed by atoms with Crippen molar-refractivity contribution < 1.29 is 38.1 Å². The molecule has 0 fully saturated rings. The van der Waals surface area contributed by atoms with Gasteiger partial charge >= 0.3 is 18.2 Å². The van der Waals surface area contributed by atoms with Gasteiger partial charge in [0.2, 0.25) is 5.91 Å². The van der Waals surface area contributed by atoms with Gasteiger partial charge in [-0.05, 0) is 88.6 Å². The minimum atomic E-state index is -1.16. The van der Waals surface area contributed by atoms with Crippen molar-refractivity contribution in [2.75, 3.05) is 19.8 Å². The van der Waals surface area contributed by atoms with Crippen molar-refractivity contribution in [3.8, 4) is 11.1 Å². The second-order valence-corrected chi connectivity index (χ2v) is 14.5. The number of hydrogen-bond donors (Lipinski definition) is 3. The lowest BCUT2D eigenvalue weighted by Gasteiger charge is -2.28. The summed E-state index contributed by atoms with van der Waals surface area (Å²) in [5, 5.41) is 8.13. The van der Waals surface area contributed by atoms with Crippen LogP contribution in [0.2, 0.25) is 0 Å². The average Bonchev–Trinajstić information content (AvgIpc) is 3.40.